The van der Waals surface area contributed by atoms with Gasteiger partial charge in [-0.25, -0.2) is 10.1 Å². The summed E-state index contributed by atoms with van der Waals surface area (Å²) in [7, 11) is 0. The minimum absolute atomic E-state index is 0.191. The molecule has 0 unspecified atom stereocenters. The van der Waals surface area contributed by atoms with Crippen molar-refractivity contribution in [2.75, 3.05) is 6.61 Å². The maximum Gasteiger partial charge on any atom is 0.0826 e. The average Bonchev–Trinajstić information content (AvgIpc) is 2.39. The molecule has 0 fully saturated rings. The molecule has 18 heavy (non-hydrogen) atoms. The third-order valence-corrected chi connectivity index (χ3v) is 0.530. The van der Waals surface area contributed by atoms with Gasteiger partial charge in [-0.2, -0.15) is 0 Å². The Hall–Kier alpha value is -0.640. The molecule has 0 bridgehead atoms. The highest BCUT2D eigenvalue weighted by atomic mass is 18.0. The third-order valence-electron chi connectivity index (χ3n) is 0.530. The maximum atomic E-state index is 7.49. The summed E-state index contributed by atoms with van der Waals surface area (Å²) in [4.78, 5) is 4.16. The van der Waals surface area contributed by atoms with Crippen molar-refractivity contribution >= 4 is 0 Å². The Balaban J connectivity index is 2.86. The predicted molar refractivity (Wildman–Crippen MR) is 29.4 cm³/mol. The summed E-state index contributed by atoms with van der Waals surface area (Å²) in [6.45, 7) is 1.80. The molecule has 0 heterocycles. The highest BCUT2D eigenvalue weighted by Gasteiger charge is 1.98. The van der Waals surface area contributed by atoms with Crippen molar-refractivity contribution in [2.45, 2.75) is 6.92 Å². The Morgan fingerprint density at radius 2 is 0.889 bits per heavy atom. The van der Waals surface area contributed by atoms with Gasteiger partial charge in [0.2, 0.25) is 0 Å². The molecule has 0 radical (unpaired) electrons. The van der Waals surface area contributed by atoms with Crippen LogP contribution in [0.3, 0.4) is 0 Å². The van der Waals surface area contributed by atoms with Gasteiger partial charge in [0.05, 0.1) is 6.61 Å². The van der Waals surface area contributed by atoms with Crippen LogP contribution in [0, 0.1) is 0 Å². The van der Waals surface area contributed by atoms with Crippen molar-refractivity contribution in [3.63, 3.8) is 0 Å². The fourth-order valence-corrected chi connectivity index (χ4v) is 0.205. The molecule has 0 aromatic heterocycles. The molecule has 0 atom stereocenters. The Morgan fingerprint density at radius 1 is 0.556 bits per heavy atom. The summed E-state index contributed by atoms with van der Waals surface area (Å²) in [5.41, 5.74) is 0. The maximum absolute atomic E-state index is 7.49. The van der Waals surface area contributed by atoms with Gasteiger partial charge < -0.3 is 0 Å². The van der Waals surface area contributed by atoms with Crippen molar-refractivity contribution in [3.05, 3.63) is 0 Å². The fraction of sp³-hybridized carbons (Fsp3) is 1.00. The smallest absolute Gasteiger partial charge is 0.0826 e. The Labute approximate surface area is 95.5 Å². The van der Waals surface area contributed by atoms with Crippen LogP contribution >= 0.6 is 0 Å². The van der Waals surface area contributed by atoms with Crippen molar-refractivity contribution < 1.29 is 80.7 Å². The SMILES string of the molecule is CCOOOOOOOOOOOOOOOO. The molecule has 16 heteroatoms. The van der Waals surface area contributed by atoms with Crippen LogP contribution in [-0.2, 0) is 75.4 Å². The van der Waals surface area contributed by atoms with Crippen molar-refractivity contribution in [1.82, 2.24) is 0 Å². The van der Waals surface area contributed by atoms with Gasteiger partial charge in [0.1, 0.15) is 0 Å². The highest BCUT2D eigenvalue weighted by molar-refractivity contribution is 3.89. The first kappa shape index (κ1) is 17.4. The van der Waals surface area contributed by atoms with Gasteiger partial charge in [-0.15, -0.1) is 0 Å². The van der Waals surface area contributed by atoms with Crippen molar-refractivity contribution in [1.29, 1.82) is 0 Å². The van der Waals surface area contributed by atoms with Gasteiger partial charge in [0.25, 0.3) is 0 Å². The minimum Gasteiger partial charge on any atom is -0.219 e. The molecule has 0 spiro atoms. The molecule has 0 aliphatic heterocycles. The van der Waals surface area contributed by atoms with Gasteiger partial charge >= 0.3 is 0 Å². The van der Waals surface area contributed by atoms with E-state index in [1.807, 2.05) is 0 Å². The minimum atomic E-state index is 0.191. The zero-order valence-electron chi connectivity index (χ0n) is 8.28. The monoisotopic (exact) mass is 286 g/mol. The molecule has 0 aromatic carbocycles. The quantitative estimate of drug-likeness (QED) is 0.233. The lowest BCUT2D eigenvalue weighted by Gasteiger charge is -1.98. The van der Waals surface area contributed by atoms with E-state index in [1.165, 1.54) is 0 Å². The number of hydrogen-bond donors (Lipinski definition) is 1. The number of hydrogen-bond acceptors (Lipinski definition) is 16. The summed E-state index contributed by atoms with van der Waals surface area (Å²) in [5.74, 6) is 0. The normalized spacial score (nSPS) is 11.0. The van der Waals surface area contributed by atoms with E-state index >= 15 is 0 Å². The van der Waals surface area contributed by atoms with Crippen LogP contribution in [0.1, 0.15) is 6.92 Å². The second-order valence-electron chi connectivity index (χ2n) is 1.37. The summed E-state index contributed by atoms with van der Waals surface area (Å²) in [6.07, 6.45) is 0. The van der Waals surface area contributed by atoms with E-state index in [9.17, 15) is 0 Å². The molecule has 16 nitrogen and oxygen atoms in total. The van der Waals surface area contributed by atoms with Crippen LogP contribution in [0.25, 0.3) is 0 Å². The summed E-state index contributed by atoms with van der Waals surface area (Å²) >= 11 is 0. The molecule has 0 aromatic rings. The lowest BCUT2D eigenvalue weighted by molar-refractivity contribution is -0.883. The van der Waals surface area contributed by atoms with E-state index in [0.717, 1.165) is 0 Å². The average molecular weight is 286 g/mol. The first-order valence-electron chi connectivity index (χ1n) is 3.51. The molecule has 0 aliphatic carbocycles. The van der Waals surface area contributed by atoms with Crippen LogP contribution in [0.2, 0.25) is 0 Å². The topological polar surface area (TPSA) is 159 Å². The number of rotatable bonds is 15. The van der Waals surface area contributed by atoms with E-state index in [-0.39, 0.29) is 6.61 Å². The molecule has 110 valence electrons. The van der Waals surface area contributed by atoms with E-state index in [4.69, 9.17) is 5.26 Å². The van der Waals surface area contributed by atoms with E-state index in [2.05, 4.69) is 75.4 Å². The second kappa shape index (κ2) is 16.4. The molecular formula is C2H6O16. The lowest BCUT2D eigenvalue weighted by atomic mass is 10.9. The first-order chi connectivity index (χ1) is 8.91. The standard InChI is InChI=1S/C2H6O16/c1-2-4-6-8-10-12-14-16-18-17-15-13-11-9-7-5-3/h3H,2H2,1H3. The molecule has 0 saturated heterocycles. The molecule has 0 aliphatic rings. The first-order valence-corrected chi connectivity index (χ1v) is 3.51. The van der Waals surface area contributed by atoms with E-state index < -0.39 is 0 Å². The van der Waals surface area contributed by atoms with Gasteiger partial charge in [-0.1, -0.05) is 0 Å². The third kappa shape index (κ3) is 15.4. The Kier molecular flexibility index (Phi) is 15.8. The molecule has 0 rings (SSSR count). The van der Waals surface area contributed by atoms with E-state index in [1.54, 1.807) is 6.92 Å². The molecule has 0 saturated carbocycles. The summed E-state index contributed by atoms with van der Waals surface area (Å²) < 4.78 is 0. The fourth-order valence-electron chi connectivity index (χ4n) is 0.205. The summed E-state index contributed by atoms with van der Waals surface area (Å²) in [6, 6.07) is 0. The van der Waals surface area contributed by atoms with Crippen LogP contribution < -0.4 is 0 Å². The zero-order valence-corrected chi connectivity index (χ0v) is 8.28. The van der Waals surface area contributed by atoms with Crippen LogP contribution in [0.5, 0.6) is 0 Å². The van der Waals surface area contributed by atoms with Gasteiger partial charge in [-0.05, 0) is 77.5 Å². The van der Waals surface area contributed by atoms with Gasteiger partial charge in [0.15, 0.2) is 0 Å². The lowest BCUT2D eigenvalue weighted by Crippen LogP contribution is -2.04. The zero-order chi connectivity index (χ0) is 13.3. The highest BCUT2D eigenvalue weighted by Crippen LogP contribution is 1.92. The molecule has 0 amide bonds. The van der Waals surface area contributed by atoms with Crippen molar-refractivity contribution in [2.24, 2.45) is 0 Å². The second-order valence-corrected chi connectivity index (χ2v) is 1.37. The largest absolute Gasteiger partial charge is 0.219 e. The predicted octanol–water partition coefficient (Wildman–Crippen LogP) is -0.462. The Morgan fingerprint density at radius 3 is 1.22 bits per heavy atom. The van der Waals surface area contributed by atoms with Crippen LogP contribution in [0.15, 0.2) is 0 Å². The summed E-state index contributed by atoms with van der Waals surface area (Å²) in [5, 5.41) is 56.0. The van der Waals surface area contributed by atoms with Gasteiger partial charge in [0, 0.05) is 0 Å². The van der Waals surface area contributed by atoms with Gasteiger partial charge in [-0.3, -0.25) is 0 Å². The molecular weight excluding hydrogens is 280 g/mol. The van der Waals surface area contributed by atoms with Crippen LogP contribution in [0.4, 0.5) is 0 Å². The van der Waals surface area contributed by atoms with E-state index in [0.29, 0.717) is 0 Å². The Bertz CT molecular complexity index is 121. The molecule has 1 N–H and O–H groups in total. The van der Waals surface area contributed by atoms with Crippen molar-refractivity contribution in [3.8, 4) is 0 Å². The van der Waals surface area contributed by atoms with Crippen LogP contribution in [-0.4, -0.2) is 11.9 Å².